The van der Waals surface area contributed by atoms with Gasteiger partial charge in [-0.3, -0.25) is 4.98 Å². The molecular weight excluding hydrogens is 220 g/mol. The minimum Gasteiger partial charge on any atom is -0.314 e. The fourth-order valence-electron chi connectivity index (χ4n) is 1.96. The highest BCUT2D eigenvalue weighted by Gasteiger charge is 2.07. The number of hydrogen-bond acceptors (Lipinski definition) is 2. The van der Waals surface area contributed by atoms with Gasteiger partial charge in [0.05, 0.1) is 0 Å². The van der Waals surface area contributed by atoms with Crippen molar-refractivity contribution in [3.63, 3.8) is 0 Å². The summed E-state index contributed by atoms with van der Waals surface area (Å²) in [6.07, 6.45) is 9.36. The molecule has 1 unspecified atom stereocenters. The summed E-state index contributed by atoms with van der Waals surface area (Å²) in [4.78, 5) is 4.16. The van der Waals surface area contributed by atoms with Crippen LogP contribution >= 0.6 is 0 Å². The normalized spacial score (nSPS) is 11.7. The Bertz CT molecular complexity index is 362. The topological polar surface area (TPSA) is 24.9 Å². The number of nitrogens with zero attached hydrogens (tertiary/aromatic N) is 1. The van der Waals surface area contributed by atoms with Gasteiger partial charge >= 0.3 is 0 Å². The standard InChI is InChI=1S/C16H24N2/c1-3-5-6-9-16(18-12-4-2)11-10-15-8-7-13-17-14-15/h7-8,13-14,16,18H,4,6,9-12H2,1-2H3. The second-order valence-electron chi connectivity index (χ2n) is 4.52. The molecular formula is C16H24N2. The third kappa shape index (κ3) is 6.42. The van der Waals surface area contributed by atoms with Gasteiger partial charge < -0.3 is 5.32 Å². The van der Waals surface area contributed by atoms with Crippen LogP contribution in [0, 0.1) is 11.8 Å². The van der Waals surface area contributed by atoms with Crippen molar-refractivity contribution < 1.29 is 0 Å². The van der Waals surface area contributed by atoms with Crippen molar-refractivity contribution in [1.82, 2.24) is 10.3 Å². The quantitative estimate of drug-likeness (QED) is 0.710. The highest BCUT2D eigenvalue weighted by atomic mass is 14.9. The van der Waals surface area contributed by atoms with E-state index >= 15 is 0 Å². The van der Waals surface area contributed by atoms with Crippen molar-refractivity contribution in [2.75, 3.05) is 6.54 Å². The summed E-state index contributed by atoms with van der Waals surface area (Å²) < 4.78 is 0. The van der Waals surface area contributed by atoms with Crippen LogP contribution in [0.15, 0.2) is 24.5 Å². The molecule has 0 bridgehead atoms. The van der Waals surface area contributed by atoms with Gasteiger partial charge in [-0.1, -0.05) is 13.0 Å². The molecule has 2 nitrogen and oxygen atoms in total. The molecule has 98 valence electrons. The molecule has 0 saturated heterocycles. The zero-order chi connectivity index (χ0) is 13.1. The zero-order valence-electron chi connectivity index (χ0n) is 11.6. The van der Waals surface area contributed by atoms with Gasteiger partial charge in [-0.2, -0.15) is 0 Å². The van der Waals surface area contributed by atoms with Gasteiger partial charge in [-0.15, -0.1) is 11.8 Å². The van der Waals surface area contributed by atoms with Crippen LogP contribution in [0.1, 0.15) is 45.1 Å². The van der Waals surface area contributed by atoms with E-state index in [4.69, 9.17) is 0 Å². The zero-order valence-corrected chi connectivity index (χ0v) is 11.6. The van der Waals surface area contributed by atoms with Gasteiger partial charge in [0.2, 0.25) is 0 Å². The Morgan fingerprint density at radius 1 is 1.39 bits per heavy atom. The van der Waals surface area contributed by atoms with Gasteiger partial charge in [0, 0.05) is 24.9 Å². The number of pyridine rings is 1. The minimum absolute atomic E-state index is 0.575. The highest BCUT2D eigenvalue weighted by Crippen LogP contribution is 2.08. The first-order valence-electron chi connectivity index (χ1n) is 6.88. The maximum absolute atomic E-state index is 4.16. The summed E-state index contributed by atoms with van der Waals surface area (Å²) in [6, 6.07) is 4.73. The predicted molar refractivity (Wildman–Crippen MR) is 77.3 cm³/mol. The maximum atomic E-state index is 4.16. The fourth-order valence-corrected chi connectivity index (χ4v) is 1.96. The molecule has 0 saturated carbocycles. The first kappa shape index (κ1) is 14.7. The van der Waals surface area contributed by atoms with Gasteiger partial charge in [-0.25, -0.2) is 0 Å². The largest absolute Gasteiger partial charge is 0.314 e. The maximum Gasteiger partial charge on any atom is 0.0299 e. The van der Waals surface area contributed by atoms with E-state index in [-0.39, 0.29) is 0 Å². The van der Waals surface area contributed by atoms with E-state index in [1.165, 1.54) is 12.0 Å². The monoisotopic (exact) mass is 244 g/mol. The van der Waals surface area contributed by atoms with Crippen LogP contribution < -0.4 is 5.32 Å². The van der Waals surface area contributed by atoms with Crippen LogP contribution in [-0.2, 0) is 6.42 Å². The van der Waals surface area contributed by atoms with Crippen molar-refractivity contribution in [3.8, 4) is 11.8 Å². The molecule has 0 amide bonds. The van der Waals surface area contributed by atoms with Crippen LogP contribution in [-0.4, -0.2) is 17.6 Å². The molecule has 1 heterocycles. The molecule has 1 N–H and O–H groups in total. The second-order valence-corrected chi connectivity index (χ2v) is 4.52. The average Bonchev–Trinajstić information content (AvgIpc) is 2.42. The number of aryl methyl sites for hydroxylation is 1. The molecule has 0 radical (unpaired) electrons. The lowest BCUT2D eigenvalue weighted by molar-refractivity contribution is 0.458. The number of aromatic nitrogens is 1. The van der Waals surface area contributed by atoms with Gasteiger partial charge in [0.1, 0.15) is 0 Å². The molecule has 0 aliphatic heterocycles. The van der Waals surface area contributed by atoms with Crippen LogP contribution in [0.25, 0.3) is 0 Å². The molecule has 2 heteroatoms. The third-order valence-corrected chi connectivity index (χ3v) is 2.98. The summed E-state index contributed by atoms with van der Waals surface area (Å²) in [5, 5.41) is 3.61. The Morgan fingerprint density at radius 3 is 2.94 bits per heavy atom. The number of nitrogens with one attached hydrogen (secondary N) is 1. The molecule has 1 aromatic heterocycles. The SMILES string of the molecule is CC#CCCC(CCc1cccnc1)NCCC. The van der Waals surface area contributed by atoms with E-state index in [9.17, 15) is 0 Å². The van der Waals surface area contributed by atoms with E-state index in [0.29, 0.717) is 6.04 Å². The van der Waals surface area contributed by atoms with Crippen molar-refractivity contribution in [3.05, 3.63) is 30.1 Å². The van der Waals surface area contributed by atoms with Gasteiger partial charge in [0.15, 0.2) is 0 Å². The van der Waals surface area contributed by atoms with Crippen molar-refractivity contribution in [2.45, 2.75) is 52.0 Å². The molecule has 0 fully saturated rings. The first-order chi connectivity index (χ1) is 8.86. The third-order valence-electron chi connectivity index (χ3n) is 2.98. The van der Waals surface area contributed by atoms with Crippen LogP contribution in [0.5, 0.6) is 0 Å². The lowest BCUT2D eigenvalue weighted by Gasteiger charge is -2.17. The number of hydrogen-bond donors (Lipinski definition) is 1. The molecule has 0 aromatic carbocycles. The summed E-state index contributed by atoms with van der Waals surface area (Å²) in [6.45, 7) is 5.21. The fraction of sp³-hybridized carbons (Fsp3) is 0.562. The Kier molecular flexibility index (Phi) is 7.92. The van der Waals surface area contributed by atoms with Crippen molar-refractivity contribution >= 4 is 0 Å². The van der Waals surface area contributed by atoms with E-state index in [1.54, 1.807) is 0 Å². The smallest absolute Gasteiger partial charge is 0.0299 e. The minimum atomic E-state index is 0.575. The summed E-state index contributed by atoms with van der Waals surface area (Å²) >= 11 is 0. The highest BCUT2D eigenvalue weighted by molar-refractivity contribution is 5.08. The molecule has 1 rings (SSSR count). The lowest BCUT2D eigenvalue weighted by Crippen LogP contribution is -2.30. The lowest BCUT2D eigenvalue weighted by atomic mass is 10.0. The molecule has 18 heavy (non-hydrogen) atoms. The van der Waals surface area contributed by atoms with Gasteiger partial charge in [0.25, 0.3) is 0 Å². The molecule has 0 aliphatic rings. The van der Waals surface area contributed by atoms with E-state index < -0.39 is 0 Å². The van der Waals surface area contributed by atoms with Crippen LogP contribution in [0.4, 0.5) is 0 Å². The summed E-state index contributed by atoms with van der Waals surface area (Å²) in [7, 11) is 0. The van der Waals surface area contributed by atoms with Gasteiger partial charge in [-0.05, 0) is 50.8 Å². The molecule has 0 spiro atoms. The van der Waals surface area contributed by atoms with Crippen molar-refractivity contribution in [2.24, 2.45) is 0 Å². The Labute approximate surface area is 111 Å². The number of rotatable bonds is 8. The first-order valence-corrected chi connectivity index (χ1v) is 6.88. The van der Waals surface area contributed by atoms with E-state index in [0.717, 1.165) is 32.2 Å². The van der Waals surface area contributed by atoms with Crippen molar-refractivity contribution in [1.29, 1.82) is 0 Å². The Balaban J connectivity index is 2.36. The Hall–Kier alpha value is -1.33. The summed E-state index contributed by atoms with van der Waals surface area (Å²) in [5.41, 5.74) is 1.32. The molecule has 1 atom stereocenters. The van der Waals surface area contributed by atoms with Crippen LogP contribution in [0.3, 0.4) is 0 Å². The summed E-state index contributed by atoms with van der Waals surface area (Å²) in [5.74, 6) is 6.12. The van der Waals surface area contributed by atoms with E-state index in [1.807, 2.05) is 25.4 Å². The predicted octanol–water partition coefficient (Wildman–Crippen LogP) is 3.19. The second kappa shape index (κ2) is 9.67. The van der Waals surface area contributed by atoms with E-state index in [2.05, 4.69) is 35.1 Å². The van der Waals surface area contributed by atoms with Crippen LogP contribution in [0.2, 0.25) is 0 Å². The molecule has 0 aliphatic carbocycles. The molecule has 1 aromatic rings. The Morgan fingerprint density at radius 2 is 2.28 bits per heavy atom. The average molecular weight is 244 g/mol.